The van der Waals surface area contributed by atoms with Crippen molar-refractivity contribution in [2.45, 2.75) is 24.4 Å². The maximum Gasteiger partial charge on any atom is 0.416 e. The molecule has 2 N–H and O–H groups in total. The summed E-state index contributed by atoms with van der Waals surface area (Å²) in [6.45, 7) is -0.0282. The van der Waals surface area contributed by atoms with Crippen molar-refractivity contribution in [3.63, 3.8) is 0 Å². The zero-order valence-electron chi connectivity index (χ0n) is 8.85. The minimum atomic E-state index is -4.49. The lowest BCUT2D eigenvalue weighted by atomic mass is 9.91. The molecule has 94 valence electrons. The summed E-state index contributed by atoms with van der Waals surface area (Å²) in [5.41, 5.74) is -1.65. The van der Waals surface area contributed by atoms with Crippen LogP contribution in [0, 0.1) is 5.82 Å². The number of nitrogens with two attached hydrogens (primary N) is 1. The molecule has 1 saturated carbocycles. The molecule has 1 aromatic rings. The quantitative estimate of drug-likeness (QED) is 0.660. The minimum absolute atomic E-state index is 0.0282. The van der Waals surface area contributed by atoms with Gasteiger partial charge in [0.05, 0.1) is 12.2 Å². The smallest absolute Gasteiger partial charge is 0.304 e. The number of hydrogen-bond acceptors (Lipinski definition) is 2. The van der Waals surface area contributed by atoms with Gasteiger partial charge in [-0.3, -0.25) is 0 Å². The van der Waals surface area contributed by atoms with E-state index >= 15 is 0 Å². The van der Waals surface area contributed by atoms with Gasteiger partial charge >= 0.3 is 6.18 Å². The van der Waals surface area contributed by atoms with E-state index in [1.54, 1.807) is 0 Å². The summed E-state index contributed by atoms with van der Waals surface area (Å²) < 4.78 is 51.4. The van der Waals surface area contributed by atoms with Crippen LogP contribution in [0.4, 0.5) is 17.6 Å². The Morgan fingerprint density at radius 3 is 2.41 bits per heavy atom. The molecular formula is C11H11F4NO. The highest BCUT2D eigenvalue weighted by atomic mass is 19.4. The van der Waals surface area contributed by atoms with Crippen molar-refractivity contribution < 1.29 is 22.4 Å². The maximum absolute atomic E-state index is 13.1. The average molecular weight is 249 g/mol. The fourth-order valence-electron chi connectivity index (χ4n) is 2.00. The first-order valence-corrected chi connectivity index (χ1v) is 5.08. The van der Waals surface area contributed by atoms with Gasteiger partial charge in [-0.25, -0.2) is 10.3 Å². The van der Waals surface area contributed by atoms with Gasteiger partial charge in [-0.1, -0.05) is 0 Å². The molecule has 0 saturated heterocycles. The molecule has 0 bridgehead atoms. The molecular weight excluding hydrogens is 238 g/mol. The lowest BCUT2D eigenvalue weighted by Crippen LogP contribution is -2.22. The fraction of sp³-hybridized carbons (Fsp3) is 0.455. The molecule has 0 radical (unpaired) electrons. The topological polar surface area (TPSA) is 35.2 Å². The van der Waals surface area contributed by atoms with Crippen LogP contribution in [-0.4, -0.2) is 6.61 Å². The van der Waals surface area contributed by atoms with Crippen LogP contribution in [0.5, 0.6) is 0 Å². The summed E-state index contributed by atoms with van der Waals surface area (Å²) in [5.74, 6) is 4.23. The molecule has 6 heteroatoms. The SMILES string of the molecule is NOCC1(c2cc(F)ccc2C(F)(F)F)CC1. The molecule has 0 aliphatic heterocycles. The van der Waals surface area contributed by atoms with Gasteiger partial charge in [0, 0.05) is 5.41 Å². The van der Waals surface area contributed by atoms with Gasteiger partial charge in [-0.2, -0.15) is 13.2 Å². The first-order chi connectivity index (χ1) is 7.89. The van der Waals surface area contributed by atoms with E-state index in [0.717, 1.165) is 18.2 Å². The van der Waals surface area contributed by atoms with Gasteiger partial charge < -0.3 is 4.84 Å². The van der Waals surface area contributed by atoms with Gasteiger partial charge in [-0.05, 0) is 36.6 Å². The van der Waals surface area contributed by atoms with Crippen molar-refractivity contribution in [2.24, 2.45) is 5.90 Å². The fourth-order valence-corrected chi connectivity index (χ4v) is 2.00. The van der Waals surface area contributed by atoms with Crippen LogP contribution >= 0.6 is 0 Å². The average Bonchev–Trinajstić information content (AvgIpc) is 2.97. The number of rotatable bonds is 3. The Morgan fingerprint density at radius 1 is 1.29 bits per heavy atom. The summed E-state index contributed by atoms with van der Waals surface area (Å²) in [5, 5.41) is 0. The molecule has 0 aromatic heterocycles. The highest BCUT2D eigenvalue weighted by Crippen LogP contribution is 2.51. The summed E-state index contributed by atoms with van der Waals surface area (Å²) in [4.78, 5) is 4.44. The first kappa shape index (κ1) is 12.3. The van der Waals surface area contributed by atoms with Crippen LogP contribution in [0.2, 0.25) is 0 Å². The predicted molar refractivity (Wildman–Crippen MR) is 52.5 cm³/mol. The highest BCUT2D eigenvalue weighted by molar-refractivity contribution is 5.40. The third kappa shape index (κ3) is 2.28. The van der Waals surface area contributed by atoms with E-state index in [4.69, 9.17) is 5.90 Å². The second kappa shape index (κ2) is 3.96. The maximum atomic E-state index is 13.1. The lowest BCUT2D eigenvalue weighted by molar-refractivity contribution is -0.138. The number of halogens is 4. The molecule has 0 heterocycles. The number of benzene rings is 1. The number of hydrogen-bond donors (Lipinski definition) is 1. The molecule has 0 unspecified atom stereocenters. The Labute approximate surface area is 95.3 Å². The normalized spacial score (nSPS) is 18.2. The summed E-state index contributed by atoms with van der Waals surface area (Å²) in [6.07, 6.45) is -3.44. The van der Waals surface area contributed by atoms with Crippen molar-refractivity contribution >= 4 is 0 Å². The Balaban J connectivity index is 2.48. The van der Waals surface area contributed by atoms with Gasteiger partial charge in [0.2, 0.25) is 0 Å². The Morgan fingerprint density at radius 2 is 1.94 bits per heavy atom. The van der Waals surface area contributed by atoms with Crippen molar-refractivity contribution in [3.05, 3.63) is 35.1 Å². The zero-order chi connectivity index (χ0) is 12.7. The molecule has 2 rings (SSSR count). The van der Waals surface area contributed by atoms with Gasteiger partial charge in [0.25, 0.3) is 0 Å². The van der Waals surface area contributed by atoms with Gasteiger partial charge in [0.15, 0.2) is 0 Å². The van der Waals surface area contributed by atoms with Crippen LogP contribution in [-0.2, 0) is 16.4 Å². The molecule has 1 fully saturated rings. The molecule has 0 spiro atoms. The van der Waals surface area contributed by atoms with Crippen molar-refractivity contribution in [2.75, 3.05) is 6.61 Å². The third-order valence-corrected chi connectivity index (χ3v) is 3.07. The van der Waals surface area contributed by atoms with Crippen molar-refractivity contribution in [3.8, 4) is 0 Å². The third-order valence-electron chi connectivity index (χ3n) is 3.07. The van der Waals surface area contributed by atoms with E-state index in [1.807, 2.05) is 0 Å². The second-order valence-electron chi connectivity index (χ2n) is 4.28. The Kier molecular flexibility index (Phi) is 2.87. The van der Waals surface area contributed by atoms with E-state index in [-0.39, 0.29) is 12.2 Å². The molecule has 0 amide bonds. The van der Waals surface area contributed by atoms with E-state index in [9.17, 15) is 17.6 Å². The molecule has 1 aliphatic carbocycles. The van der Waals surface area contributed by atoms with E-state index in [2.05, 4.69) is 4.84 Å². The largest absolute Gasteiger partial charge is 0.416 e. The predicted octanol–water partition coefficient (Wildman–Crippen LogP) is 2.77. The second-order valence-corrected chi connectivity index (χ2v) is 4.28. The molecule has 1 aromatic carbocycles. The van der Waals surface area contributed by atoms with Crippen LogP contribution in [0.3, 0.4) is 0 Å². The molecule has 1 aliphatic rings. The molecule has 2 nitrogen and oxygen atoms in total. The standard InChI is InChI=1S/C11H11F4NO/c12-7-1-2-8(11(13,14)15)9(5-7)10(3-4-10)6-17-16/h1-2,5H,3-4,6,16H2. The zero-order valence-corrected chi connectivity index (χ0v) is 8.85. The van der Waals surface area contributed by atoms with Crippen LogP contribution in [0.15, 0.2) is 18.2 Å². The summed E-state index contributed by atoms with van der Waals surface area (Å²) in [7, 11) is 0. The summed E-state index contributed by atoms with van der Waals surface area (Å²) >= 11 is 0. The minimum Gasteiger partial charge on any atom is -0.304 e. The van der Waals surface area contributed by atoms with Gasteiger partial charge in [0.1, 0.15) is 5.82 Å². The highest BCUT2D eigenvalue weighted by Gasteiger charge is 2.49. The number of alkyl halides is 3. The van der Waals surface area contributed by atoms with Crippen LogP contribution in [0.1, 0.15) is 24.0 Å². The molecule has 0 atom stereocenters. The van der Waals surface area contributed by atoms with Gasteiger partial charge in [-0.15, -0.1) is 0 Å². The van der Waals surface area contributed by atoms with E-state index < -0.39 is 23.0 Å². The van der Waals surface area contributed by atoms with E-state index in [1.165, 1.54) is 0 Å². The first-order valence-electron chi connectivity index (χ1n) is 5.08. The monoisotopic (exact) mass is 249 g/mol. The lowest BCUT2D eigenvalue weighted by Gasteiger charge is -2.20. The molecule has 17 heavy (non-hydrogen) atoms. The Hall–Kier alpha value is -1.14. The Bertz CT molecular complexity index is 426. The summed E-state index contributed by atoms with van der Waals surface area (Å²) in [6, 6.07) is 2.50. The van der Waals surface area contributed by atoms with E-state index in [0.29, 0.717) is 12.8 Å². The van der Waals surface area contributed by atoms with Crippen LogP contribution < -0.4 is 5.90 Å². The van der Waals surface area contributed by atoms with Crippen LogP contribution in [0.25, 0.3) is 0 Å². The van der Waals surface area contributed by atoms with Crippen molar-refractivity contribution in [1.29, 1.82) is 0 Å². The van der Waals surface area contributed by atoms with Crippen molar-refractivity contribution in [1.82, 2.24) is 0 Å².